The Morgan fingerprint density at radius 1 is 1.24 bits per heavy atom. The number of benzene rings is 2. The van der Waals surface area contributed by atoms with Gasteiger partial charge in [-0.05, 0) is 30.3 Å². The molecule has 0 amide bonds. The van der Waals surface area contributed by atoms with Gasteiger partial charge in [0.15, 0.2) is 0 Å². The van der Waals surface area contributed by atoms with Crippen molar-refractivity contribution in [3.8, 4) is 5.75 Å². The number of phenols is 1. The van der Waals surface area contributed by atoms with E-state index in [4.69, 9.17) is 4.74 Å². The summed E-state index contributed by atoms with van der Waals surface area (Å²) in [5, 5.41) is 25.1. The zero-order valence-electron chi connectivity index (χ0n) is 15.0. The van der Waals surface area contributed by atoms with Gasteiger partial charge in [-0.3, -0.25) is 15.5 Å². The van der Waals surface area contributed by atoms with E-state index in [-0.39, 0.29) is 42.6 Å². The molecule has 12 heteroatoms. The minimum atomic E-state index is -3.86. The second-order valence-electron chi connectivity index (χ2n) is 6.03. The van der Waals surface area contributed by atoms with Crippen LogP contribution in [-0.2, 0) is 14.8 Å². The van der Waals surface area contributed by atoms with Crippen LogP contribution >= 0.6 is 15.9 Å². The summed E-state index contributed by atoms with van der Waals surface area (Å²) < 4.78 is 32.5. The van der Waals surface area contributed by atoms with Crippen molar-refractivity contribution in [2.75, 3.05) is 31.7 Å². The number of nitrogens with one attached hydrogen (secondary N) is 1. The normalized spacial score (nSPS) is 15.5. The van der Waals surface area contributed by atoms with Crippen molar-refractivity contribution in [1.29, 1.82) is 0 Å². The van der Waals surface area contributed by atoms with Gasteiger partial charge in [0.25, 0.3) is 5.69 Å². The molecule has 10 nitrogen and oxygen atoms in total. The number of rotatable bonds is 6. The molecule has 0 aromatic heterocycles. The number of nitro groups is 1. The zero-order chi connectivity index (χ0) is 21.0. The average molecular weight is 485 g/mol. The Labute approximate surface area is 175 Å². The van der Waals surface area contributed by atoms with Crippen LogP contribution in [0.25, 0.3) is 0 Å². The Kier molecular flexibility index (Phi) is 6.47. The van der Waals surface area contributed by atoms with Crippen LogP contribution in [0.2, 0.25) is 0 Å². The van der Waals surface area contributed by atoms with Crippen molar-refractivity contribution in [3.05, 3.63) is 56.5 Å². The Bertz CT molecular complexity index is 1050. The zero-order valence-corrected chi connectivity index (χ0v) is 17.4. The SMILES string of the molecule is O=[N+]([O-])c1cc(S(=O)(=O)N2CCOCC2)ccc1N/N=C/c1cc(Br)ccc1O. The first kappa shape index (κ1) is 21.2. The predicted molar refractivity (Wildman–Crippen MR) is 110 cm³/mol. The van der Waals surface area contributed by atoms with E-state index in [1.54, 1.807) is 12.1 Å². The molecule has 0 saturated carbocycles. The summed E-state index contributed by atoms with van der Waals surface area (Å²) in [4.78, 5) is 10.6. The van der Waals surface area contributed by atoms with E-state index < -0.39 is 20.6 Å². The maximum atomic E-state index is 12.7. The third kappa shape index (κ3) is 4.90. The summed E-state index contributed by atoms with van der Waals surface area (Å²) in [6.07, 6.45) is 1.29. The van der Waals surface area contributed by atoms with Gasteiger partial charge in [0.1, 0.15) is 11.4 Å². The van der Waals surface area contributed by atoms with E-state index in [9.17, 15) is 23.6 Å². The first-order valence-corrected chi connectivity index (χ1v) is 10.7. The van der Waals surface area contributed by atoms with Crippen molar-refractivity contribution in [1.82, 2.24) is 4.31 Å². The number of ether oxygens (including phenoxy) is 1. The molecule has 0 atom stereocenters. The number of phenolic OH excluding ortho intramolecular Hbond substituents is 1. The number of aromatic hydroxyl groups is 1. The lowest BCUT2D eigenvalue weighted by Gasteiger charge is -2.26. The molecule has 1 heterocycles. The van der Waals surface area contributed by atoms with Gasteiger partial charge >= 0.3 is 0 Å². The van der Waals surface area contributed by atoms with E-state index >= 15 is 0 Å². The Balaban J connectivity index is 1.85. The monoisotopic (exact) mass is 484 g/mol. The van der Waals surface area contributed by atoms with Crippen LogP contribution in [0.5, 0.6) is 5.75 Å². The number of nitrogens with zero attached hydrogens (tertiary/aromatic N) is 3. The number of halogens is 1. The number of anilines is 1. The quantitative estimate of drug-likeness (QED) is 0.365. The van der Waals surface area contributed by atoms with E-state index in [0.717, 1.165) is 10.5 Å². The third-order valence-corrected chi connectivity index (χ3v) is 6.54. The summed E-state index contributed by atoms with van der Waals surface area (Å²) in [5.41, 5.74) is 2.49. The smallest absolute Gasteiger partial charge is 0.295 e. The van der Waals surface area contributed by atoms with Gasteiger partial charge in [-0.2, -0.15) is 9.41 Å². The number of sulfonamides is 1. The molecule has 2 aromatic rings. The molecule has 3 rings (SSSR count). The highest BCUT2D eigenvalue weighted by Gasteiger charge is 2.28. The van der Waals surface area contributed by atoms with Crippen LogP contribution in [0.1, 0.15) is 5.56 Å². The molecular weight excluding hydrogens is 468 g/mol. The van der Waals surface area contributed by atoms with Crippen LogP contribution in [0.3, 0.4) is 0 Å². The fourth-order valence-corrected chi connectivity index (χ4v) is 4.46. The molecule has 1 aliphatic heterocycles. The molecule has 2 N–H and O–H groups in total. The number of nitro benzene ring substituents is 1. The largest absolute Gasteiger partial charge is 0.507 e. The minimum Gasteiger partial charge on any atom is -0.507 e. The second-order valence-corrected chi connectivity index (χ2v) is 8.88. The highest BCUT2D eigenvalue weighted by molar-refractivity contribution is 9.10. The molecule has 0 spiro atoms. The number of hydrogen-bond donors (Lipinski definition) is 2. The standard InChI is InChI=1S/C17H17BrN4O6S/c18-13-1-4-17(23)12(9-13)11-19-20-15-3-2-14(10-16(15)22(24)25)29(26,27)21-5-7-28-8-6-21/h1-4,9-11,20,23H,5-8H2/b19-11+. The fraction of sp³-hybridized carbons (Fsp3) is 0.235. The molecule has 0 aliphatic carbocycles. The van der Waals surface area contributed by atoms with Gasteiger partial charge in [0, 0.05) is 29.2 Å². The molecule has 2 aromatic carbocycles. The number of hydrazone groups is 1. The minimum absolute atomic E-state index is 0.0137. The lowest BCUT2D eigenvalue weighted by atomic mass is 10.2. The second kappa shape index (κ2) is 8.86. The van der Waals surface area contributed by atoms with Crippen molar-refractivity contribution in [2.45, 2.75) is 4.90 Å². The third-order valence-electron chi connectivity index (χ3n) is 4.15. The molecule has 29 heavy (non-hydrogen) atoms. The average Bonchev–Trinajstić information content (AvgIpc) is 2.71. The Morgan fingerprint density at radius 2 is 1.97 bits per heavy atom. The van der Waals surface area contributed by atoms with Gasteiger partial charge in [0.05, 0.1) is 29.2 Å². The molecule has 0 radical (unpaired) electrons. The Morgan fingerprint density at radius 3 is 2.66 bits per heavy atom. The molecule has 1 aliphatic rings. The first-order chi connectivity index (χ1) is 13.8. The molecule has 1 saturated heterocycles. The van der Waals surface area contributed by atoms with Crippen LogP contribution in [0, 0.1) is 10.1 Å². The lowest BCUT2D eigenvalue weighted by Crippen LogP contribution is -2.40. The van der Waals surface area contributed by atoms with E-state index in [1.165, 1.54) is 28.7 Å². The highest BCUT2D eigenvalue weighted by atomic mass is 79.9. The van der Waals surface area contributed by atoms with Crippen LogP contribution in [0.4, 0.5) is 11.4 Å². The fourth-order valence-electron chi connectivity index (χ4n) is 2.65. The van der Waals surface area contributed by atoms with Gasteiger partial charge < -0.3 is 9.84 Å². The van der Waals surface area contributed by atoms with Crippen molar-refractivity contribution < 1.29 is 23.2 Å². The summed E-state index contributed by atoms with van der Waals surface area (Å²) in [5.74, 6) is -0.0137. The van der Waals surface area contributed by atoms with E-state index in [0.29, 0.717) is 5.56 Å². The maximum absolute atomic E-state index is 12.7. The molecule has 154 valence electrons. The van der Waals surface area contributed by atoms with Gasteiger partial charge in [-0.25, -0.2) is 8.42 Å². The van der Waals surface area contributed by atoms with Crippen LogP contribution in [0.15, 0.2) is 50.9 Å². The predicted octanol–water partition coefficient (Wildman–Crippen LogP) is 2.53. The molecule has 0 unspecified atom stereocenters. The first-order valence-electron chi connectivity index (χ1n) is 8.43. The van der Waals surface area contributed by atoms with Crippen molar-refractivity contribution in [2.24, 2.45) is 5.10 Å². The highest BCUT2D eigenvalue weighted by Crippen LogP contribution is 2.29. The summed E-state index contributed by atoms with van der Waals surface area (Å²) in [7, 11) is -3.86. The Hall–Kier alpha value is -2.54. The molecule has 0 bridgehead atoms. The van der Waals surface area contributed by atoms with Gasteiger partial charge in [0.2, 0.25) is 10.0 Å². The van der Waals surface area contributed by atoms with Crippen LogP contribution < -0.4 is 5.43 Å². The van der Waals surface area contributed by atoms with Gasteiger partial charge in [-0.15, -0.1) is 0 Å². The van der Waals surface area contributed by atoms with E-state index in [2.05, 4.69) is 26.5 Å². The van der Waals surface area contributed by atoms with Crippen LogP contribution in [-0.4, -0.2) is 55.3 Å². The number of morpholine rings is 1. The maximum Gasteiger partial charge on any atom is 0.295 e. The lowest BCUT2D eigenvalue weighted by molar-refractivity contribution is -0.384. The summed E-state index contributed by atoms with van der Waals surface area (Å²) >= 11 is 3.27. The van der Waals surface area contributed by atoms with Gasteiger partial charge in [-0.1, -0.05) is 15.9 Å². The number of hydrogen-bond acceptors (Lipinski definition) is 8. The summed E-state index contributed by atoms with van der Waals surface area (Å²) in [6, 6.07) is 8.31. The van der Waals surface area contributed by atoms with Crippen molar-refractivity contribution >= 4 is 43.5 Å². The van der Waals surface area contributed by atoms with E-state index in [1.807, 2.05) is 0 Å². The summed E-state index contributed by atoms with van der Waals surface area (Å²) in [6.45, 7) is 0.934. The topological polar surface area (TPSA) is 134 Å². The molecule has 1 fully saturated rings. The van der Waals surface area contributed by atoms with Crippen molar-refractivity contribution in [3.63, 3.8) is 0 Å². The molecular formula is C17H17BrN4O6S.